The monoisotopic (exact) mass is 538 g/mol. The number of benzene rings is 3. The van der Waals surface area contributed by atoms with Gasteiger partial charge in [-0.1, -0.05) is 47.3 Å². The first kappa shape index (κ1) is 24.7. The molecule has 0 aliphatic carbocycles. The molecule has 0 radical (unpaired) electrons. The molecule has 0 spiro atoms. The summed E-state index contributed by atoms with van der Waals surface area (Å²) in [6.45, 7) is 1.05. The predicted octanol–water partition coefficient (Wildman–Crippen LogP) is 6.18. The van der Waals surface area contributed by atoms with Gasteiger partial charge in [-0.15, -0.1) is 10.2 Å². The van der Waals surface area contributed by atoms with Gasteiger partial charge in [0.2, 0.25) is 5.91 Å². The lowest BCUT2D eigenvalue weighted by molar-refractivity contribution is -0.115. The summed E-state index contributed by atoms with van der Waals surface area (Å²) in [5, 5.41) is 10.1. The lowest BCUT2D eigenvalue weighted by atomic mass is 10.2. The largest absolute Gasteiger partial charge is 0.497 e. The zero-order valence-electron chi connectivity index (χ0n) is 19.7. The molecule has 1 aromatic heterocycles. The Morgan fingerprint density at radius 3 is 2.56 bits per heavy atom. The van der Waals surface area contributed by atoms with E-state index in [9.17, 15) is 4.79 Å². The average molecular weight is 539 g/mol. The van der Waals surface area contributed by atoms with E-state index in [2.05, 4.69) is 10.2 Å². The number of fused-ring (bicyclic) bond motifs is 2. The topological polar surface area (TPSA) is 69.5 Å². The number of nitrogens with zero attached hydrogens (tertiary/aromatic N) is 4. The van der Waals surface area contributed by atoms with Crippen LogP contribution in [0.25, 0.3) is 11.4 Å². The summed E-state index contributed by atoms with van der Waals surface area (Å²) in [4.78, 5) is 17.4. The minimum absolute atomic E-state index is 0.0662. The van der Waals surface area contributed by atoms with Crippen LogP contribution < -0.4 is 9.64 Å². The van der Waals surface area contributed by atoms with E-state index in [4.69, 9.17) is 21.1 Å². The second-order valence-electron chi connectivity index (χ2n) is 7.88. The number of rotatable bonds is 8. The number of carbonyl (C=O) groups is 1. The van der Waals surface area contributed by atoms with E-state index in [0.29, 0.717) is 29.2 Å². The number of aromatic nitrogens is 3. The van der Waals surface area contributed by atoms with Crippen molar-refractivity contribution in [3.63, 3.8) is 0 Å². The quantitative estimate of drug-likeness (QED) is 0.248. The molecule has 10 heteroatoms. The Morgan fingerprint density at radius 1 is 1.00 bits per heavy atom. The fourth-order valence-corrected chi connectivity index (χ4v) is 5.94. The molecule has 0 atom stereocenters. The van der Waals surface area contributed by atoms with Crippen molar-refractivity contribution in [2.24, 2.45) is 0 Å². The minimum atomic E-state index is -0.0662. The third-order valence-corrected chi connectivity index (χ3v) is 7.96. The average Bonchev–Trinajstić information content (AvgIpc) is 3.31. The second kappa shape index (κ2) is 11.0. The van der Waals surface area contributed by atoms with Gasteiger partial charge >= 0.3 is 0 Å². The molecule has 0 bridgehead atoms. The van der Waals surface area contributed by atoms with E-state index in [-0.39, 0.29) is 11.7 Å². The van der Waals surface area contributed by atoms with Gasteiger partial charge in [-0.3, -0.25) is 14.3 Å². The number of anilines is 2. The van der Waals surface area contributed by atoms with Crippen LogP contribution in [0.1, 0.15) is 0 Å². The van der Waals surface area contributed by atoms with Gasteiger partial charge in [0.1, 0.15) is 5.75 Å². The smallest absolute Gasteiger partial charge is 0.242 e. The number of halogens is 1. The molecule has 4 aromatic rings. The zero-order chi connectivity index (χ0) is 25.1. The maximum atomic E-state index is 13.6. The molecular weight excluding hydrogens is 516 g/mol. The highest BCUT2D eigenvalue weighted by molar-refractivity contribution is 8.00. The van der Waals surface area contributed by atoms with Gasteiger partial charge in [0.05, 0.1) is 37.4 Å². The summed E-state index contributed by atoms with van der Waals surface area (Å²) in [6.07, 6.45) is 0. The number of methoxy groups -OCH3 is 2. The molecule has 0 saturated heterocycles. The third kappa shape index (κ3) is 4.97. The van der Waals surface area contributed by atoms with Crippen LogP contribution in [0.2, 0.25) is 5.02 Å². The summed E-state index contributed by atoms with van der Waals surface area (Å²) in [6, 6.07) is 21.2. The van der Waals surface area contributed by atoms with Crippen molar-refractivity contribution in [3.05, 3.63) is 71.8 Å². The van der Waals surface area contributed by atoms with Crippen LogP contribution in [0.3, 0.4) is 0 Å². The van der Waals surface area contributed by atoms with Crippen LogP contribution in [-0.2, 0) is 16.1 Å². The first-order valence-corrected chi connectivity index (χ1v) is 13.4. The summed E-state index contributed by atoms with van der Waals surface area (Å²) >= 11 is 9.29. The molecule has 184 valence electrons. The highest BCUT2D eigenvalue weighted by Crippen LogP contribution is 2.49. The van der Waals surface area contributed by atoms with Gasteiger partial charge in [0.25, 0.3) is 0 Å². The number of thioether (sulfide) groups is 1. The molecule has 0 fully saturated rings. The maximum absolute atomic E-state index is 13.6. The standard InChI is InChI=1S/C26H23ClN4O3S2/c1-33-14-13-30-25(17-7-10-19(34-2)11-8-17)28-29-26(30)35-16-24(32)31-20-5-3-4-6-22(20)36-23-12-9-18(27)15-21(23)31/h3-12,15H,13-14,16H2,1-2H3. The fourth-order valence-electron chi connectivity index (χ4n) is 3.92. The van der Waals surface area contributed by atoms with Crippen molar-refractivity contribution in [2.45, 2.75) is 21.5 Å². The molecule has 36 heavy (non-hydrogen) atoms. The van der Waals surface area contributed by atoms with Crippen molar-refractivity contribution in [2.75, 3.05) is 31.5 Å². The third-order valence-electron chi connectivity index (χ3n) is 5.65. The van der Waals surface area contributed by atoms with Gasteiger partial charge in [0.15, 0.2) is 11.0 Å². The lowest BCUT2D eigenvalue weighted by Gasteiger charge is -2.31. The molecule has 3 aromatic carbocycles. The molecule has 5 rings (SSSR count). The molecule has 7 nitrogen and oxygen atoms in total. The van der Waals surface area contributed by atoms with Crippen molar-refractivity contribution < 1.29 is 14.3 Å². The highest BCUT2D eigenvalue weighted by atomic mass is 35.5. The Balaban J connectivity index is 1.42. The normalized spacial score (nSPS) is 12.2. The van der Waals surface area contributed by atoms with Gasteiger partial charge < -0.3 is 9.47 Å². The van der Waals surface area contributed by atoms with E-state index in [0.717, 1.165) is 32.5 Å². The maximum Gasteiger partial charge on any atom is 0.242 e. The molecule has 1 aliphatic rings. The number of carbonyl (C=O) groups excluding carboxylic acids is 1. The number of hydrogen-bond acceptors (Lipinski definition) is 7. The van der Waals surface area contributed by atoms with Crippen molar-refractivity contribution in [3.8, 4) is 17.1 Å². The fraction of sp³-hybridized carbons (Fsp3) is 0.192. The molecule has 1 amide bonds. The Labute approximate surface area is 222 Å². The Bertz CT molecular complexity index is 1390. The molecule has 0 unspecified atom stereocenters. The Kier molecular flexibility index (Phi) is 7.52. The van der Waals surface area contributed by atoms with Crippen LogP contribution in [0.15, 0.2) is 81.7 Å². The molecule has 2 heterocycles. The van der Waals surface area contributed by atoms with Crippen molar-refractivity contribution in [1.29, 1.82) is 0 Å². The first-order valence-electron chi connectivity index (χ1n) is 11.2. The molecule has 0 saturated carbocycles. The summed E-state index contributed by atoms with van der Waals surface area (Å²) in [5.41, 5.74) is 2.54. The van der Waals surface area contributed by atoms with Crippen LogP contribution in [0.5, 0.6) is 5.75 Å². The molecule has 1 aliphatic heterocycles. The van der Waals surface area contributed by atoms with E-state index >= 15 is 0 Å². The van der Waals surface area contributed by atoms with E-state index in [1.807, 2.05) is 71.3 Å². The van der Waals surface area contributed by atoms with Crippen molar-refractivity contribution in [1.82, 2.24) is 14.8 Å². The van der Waals surface area contributed by atoms with Gasteiger partial charge in [-0.2, -0.15) is 0 Å². The van der Waals surface area contributed by atoms with E-state index < -0.39 is 0 Å². The second-order valence-corrected chi connectivity index (χ2v) is 10.3. The lowest BCUT2D eigenvalue weighted by Crippen LogP contribution is -2.30. The van der Waals surface area contributed by atoms with Gasteiger partial charge in [-0.05, 0) is 54.6 Å². The van der Waals surface area contributed by atoms with E-state index in [1.165, 1.54) is 11.8 Å². The summed E-state index contributed by atoms with van der Waals surface area (Å²) in [7, 11) is 3.29. The van der Waals surface area contributed by atoms with Crippen molar-refractivity contribution >= 4 is 52.4 Å². The van der Waals surface area contributed by atoms with Crippen LogP contribution in [0.4, 0.5) is 11.4 Å². The highest BCUT2D eigenvalue weighted by Gasteiger charge is 2.29. The molecular formula is C26H23ClN4O3S2. The summed E-state index contributed by atoms with van der Waals surface area (Å²) < 4.78 is 12.6. The minimum Gasteiger partial charge on any atom is -0.497 e. The summed E-state index contributed by atoms with van der Waals surface area (Å²) in [5.74, 6) is 1.59. The first-order chi connectivity index (χ1) is 17.6. The van der Waals surface area contributed by atoms with Gasteiger partial charge in [0, 0.05) is 27.5 Å². The Hall–Kier alpha value is -2.98. The molecule has 0 N–H and O–H groups in total. The van der Waals surface area contributed by atoms with Crippen LogP contribution in [0, 0.1) is 0 Å². The number of para-hydroxylation sites is 1. The SMILES string of the molecule is COCCn1c(SCC(=O)N2c3ccccc3Sc3ccc(Cl)cc32)nnc1-c1ccc(OC)cc1. The number of ether oxygens (including phenoxy) is 2. The predicted molar refractivity (Wildman–Crippen MR) is 144 cm³/mol. The van der Waals surface area contributed by atoms with Crippen LogP contribution >= 0.6 is 35.1 Å². The number of hydrogen-bond donors (Lipinski definition) is 0. The Morgan fingerprint density at radius 2 is 1.78 bits per heavy atom. The van der Waals surface area contributed by atoms with Gasteiger partial charge in [-0.25, -0.2) is 0 Å². The zero-order valence-corrected chi connectivity index (χ0v) is 22.1. The van der Waals surface area contributed by atoms with Crippen LogP contribution in [-0.4, -0.2) is 47.3 Å². The van der Waals surface area contributed by atoms with E-state index in [1.54, 1.807) is 30.9 Å². The number of amides is 1.